The first-order valence-electron chi connectivity index (χ1n) is 7.55. The molecule has 132 valence electrons. The Morgan fingerprint density at radius 1 is 1.19 bits per heavy atom. The summed E-state index contributed by atoms with van der Waals surface area (Å²) < 4.78 is 35.6. The van der Waals surface area contributed by atoms with Crippen LogP contribution in [0.15, 0.2) is 58.5 Å². The Bertz CT molecular complexity index is 1040. The molecule has 0 amide bonds. The summed E-state index contributed by atoms with van der Waals surface area (Å²) in [5, 5.41) is 12.0. The van der Waals surface area contributed by atoms with Crippen LogP contribution < -0.4 is 14.8 Å². The molecule has 0 atom stereocenters. The molecule has 0 unspecified atom stereocenters. The van der Waals surface area contributed by atoms with Crippen molar-refractivity contribution in [1.29, 1.82) is 5.26 Å². The van der Waals surface area contributed by atoms with E-state index in [1.165, 1.54) is 31.2 Å². The molecule has 1 heterocycles. The highest BCUT2D eigenvalue weighted by atomic mass is 32.2. The molecule has 0 aliphatic carbocycles. The Balaban J connectivity index is 1.98. The van der Waals surface area contributed by atoms with Gasteiger partial charge in [-0.2, -0.15) is 5.26 Å². The molecule has 0 radical (unpaired) electrons. The highest BCUT2D eigenvalue weighted by Crippen LogP contribution is 2.37. The Morgan fingerprint density at radius 3 is 2.46 bits per heavy atom. The number of rotatable bonds is 5. The van der Waals surface area contributed by atoms with Gasteiger partial charge in [-0.05, 0) is 25.1 Å². The smallest absolute Gasteiger partial charge is 0.231 e. The lowest BCUT2D eigenvalue weighted by Gasteiger charge is -2.09. The van der Waals surface area contributed by atoms with Crippen molar-refractivity contribution in [2.75, 3.05) is 12.1 Å². The molecular weight excluding hydrogens is 356 g/mol. The first-order chi connectivity index (χ1) is 12.4. The van der Waals surface area contributed by atoms with E-state index in [1.807, 2.05) is 0 Å². The molecule has 2 aromatic rings. The summed E-state index contributed by atoms with van der Waals surface area (Å²) in [5.74, 6) is 0.612. The summed E-state index contributed by atoms with van der Waals surface area (Å²) in [7, 11) is -3.97. The van der Waals surface area contributed by atoms with Crippen LogP contribution in [-0.4, -0.2) is 21.0 Å². The Morgan fingerprint density at radius 2 is 1.85 bits per heavy atom. The molecule has 0 saturated heterocycles. The number of ether oxygens (including phenoxy) is 2. The van der Waals surface area contributed by atoms with Crippen LogP contribution in [0.1, 0.15) is 17.3 Å². The number of anilines is 1. The number of allylic oxidation sites excluding steroid dienone is 1. The summed E-state index contributed by atoms with van der Waals surface area (Å²) in [6.45, 7) is 1.41. The largest absolute Gasteiger partial charge is 0.454 e. The van der Waals surface area contributed by atoms with Gasteiger partial charge in [-0.3, -0.25) is 4.79 Å². The van der Waals surface area contributed by atoms with Crippen molar-refractivity contribution in [1.82, 2.24) is 0 Å². The van der Waals surface area contributed by atoms with Gasteiger partial charge in [0, 0.05) is 17.8 Å². The number of hydrogen-bond acceptors (Lipinski definition) is 7. The molecule has 2 aromatic carbocycles. The van der Waals surface area contributed by atoms with Crippen LogP contribution in [0.5, 0.6) is 11.5 Å². The van der Waals surface area contributed by atoms with Crippen LogP contribution in [0.4, 0.5) is 5.69 Å². The lowest BCUT2D eigenvalue weighted by atomic mass is 10.1. The van der Waals surface area contributed by atoms with Gasteiger partial charge in [-0.25, -0.2) is 8.42 Å². The van der Waals surface area contributed by atoms with Crippen molar-refractivity contribution in [3.8, 4) is 17.6 Å². The number of carbonyl (C=O) groups is 1. The van der Waals surface area contributed by atoms with Crippen molar-refractivity contribution < 1.29 is 22.7 Å². The van der Waals surface area contributed by atoms with Crippen LogP contribution in [0.2, 0.25) is 0 Å². The minimum atomic E-state index is -3.97. The fourth-order valence-corrected chi connectivity index (χ4v) is 3.50. The molecule has 0 spiro atoms. The van der Waals surface area contributed by atoms with Crippen molar-refractivity contribution in [3.05, 3.63) is 59.1 Å². The van der Waals surface area contributed by atoms with Crippen LogP contribution in [0.3, 0.4) is 0 Å². The highest BCUT2D eigenvalue weighted by Gasteiger charge is 2.22. The molecular formula is C18H14N2O5S. The minimum Gasteiger partial charge on any atom is -0.454 e. The van der Waals surface area contributed by atoms with E-state index in [2.05, 4.69) is 5.32 Å². The molecule has 8 heteroatoms. The average Bonchev–Trinajstić information content (AvgIpc) is 3.09. The monoisotopic (exact) mass is 370 g/mol. The third-order valence-electron chi connectivity index (χ3n) is 3.70. The van der Waals surface area contributed by atoms with Gasteiger partial charge in [0.15, 0.2) is 22.2 Å². The van der Waals surface area contributed by atoms with Crippen LogP contribution >= 0.6 is 0 Å². The first kappa shape index (κ1) is 17.5. The zero-order chi connectivity index (χ0) is 18.7. The summed E-state index contributed by atoms with van der Waals surface area (Å²) in [5.41, 5.74) is 0.609. The average molecular weight is 370 g/mol. The topological polar surface area (TPSA) is 105 Å². The molecule has 7 nitrogen and oxygen atoms in total. The predicted molar refractivity (Wildman–Crippen MR) is 93.5 cm³/mol. The zero-order valence-corrected chi connectivity index (χ0v) is 14.5. The van der Waals surface area contributed by atoms with Gasteiger partial charge >= 0.3 is 0 Å². The molecule has 0 aromatic heterocycles. The van der Waals surface area contributed by atoms with Crippen molar-refractivity contribution in [2.24, 2.45) is 0 Å². The fourth-order valence-electron chi connectivity index (χ4n) is 2.39. The molecule has 3 rings (SSSR count). The number of carbonyl (C=O) groups excluding carboxylic acids is 1. The van der Waals surface area contributed by atoms with Gasteiger partial charge in [0.25, 0.3) is 0 Å². The molecule has 0 bridgehead atoms. The quantitative estimate of drug-likeness (QED) is 0.637. The summed E-state index contributed by atoms with van der Waals surface area (Å²) >= 11 is 0. The fraction of sp³-hybridized carbons (Fsp3) is 0.111. The zero-order valence-electron chi connectivity index (χ0n) is 13.7. The molecule has 0 fully saturated rings. The second kappa shape index (κ2) is 6.90. The van der Waals surface area contributed by atoms with Crippen LogP contribution in [-0.2, 0) is 9.84 Å². The van der Waals surface area contributed by atoms with Gasteiger partial charge < -0.3 is 14.8 Å². The third-order valence-corrected chi connectivity index (χ3v) is 5.38. The van der Waals surface area contributed by atoms with Gasteiger partial charge in [-0.15, -0.1) is 0 Å². The third kappa shape index (κ3) is 3.25. The first-order valence-corrected chi connectivity index (χ1v) is 9.03. The van der Waals surface area contributed by atoms with Crippen molar-refractivity contribution in [2.45, 2.75) is 11.8 Å². The van der Waals surface area contributed by atoms with Gasteiger partial charge in [0.2, 0.25) is 16.6 Å². The SMILES string of the molecule is CC(=O)c1cc2c(cc1NC=C(C#N)S(=O)(=O)c1ccccc1)OCO2. The number of fused-ring (bicyclic) bond motifs is 1. The number of nitrogens with zero attached hydrogens (tertiary/aromatic N) is 1. The number of hydrogen-bond donors (Lipinski definition) is 1. The summed E-state index contributed by atoms with van der Waals surface area (Å²) in [4.78, 5) is 11.4. The van der Waals surface area contributed by atoms with E-state index in [0.29, 0.717) is 22.7 Å². The predicted octanol–water partition coefficient (Wildman–Crippen LogP) is 2.87. The van der Waals surface area contributed by atoms with Gasteiger partial charge in [0.1, 0.15) is 6.07 Å². The lowest BCUT2D eigenvalue weighted by molar-refractivity contribution is 0.101. The second-order valence-corrected chi connectivity index (χ2v) is 7.31. The number of benzene rings is 2. The maximum absolute atomic E-state index is 12.5. The van der Waals surface area contributed by atoms with E-state index >= 15 is 0 Å². The maximum atomic E-state index is 12.5. The van der Waals surface area contributed by atoms with E-state index in [4.69, 9.17) is 9.47 Å². The van der Waals surface area contributed by atoms with Crippen LogP contribution in [0.25, 0.3) is 0 Å². The molecule has 1 aliphatic heterocycles. The molecule has 0 saturated carbocycles. The normalized spacial score (nSPS) is 13.2. The summed E-state index contributed by atoms with van der Waals surface area (Å²) in [6, 6.07) is 12.4. The highest BCUT2D eigenvalue weighted by molar-refractivity contribution is 7.95. The maximum Gasteiger partial charge on any atom is 0.231 e. The standard InChI is InChI=1S/C18H14N2O5S/c1-12(21)15-7-17-18(25-11-24-17)8-16(15)20-10-14(9-19)26(22,23)13-5-3-2-4-6-13/h2-8,10,20H,11H2,1H3. The number of Topliss-reactive ketones (excluding diaryl/α,β-unsaturated/α-hetero) is 1. The van der Waals surface area contributed by atoms with E-state index in [1.54, 1.807) is 24.3 Å². The minimum absolute atomic E-state index is 0.00655. The Kier molecular flexibility index (Phi) is 4.65. The van der Waals surface area contributed by atoms with Crippen LogP contribution in [0, 0.1) is 11.3 Å². The number of ketones is 1. The number of sulfone groups is 1. The lowest BCUT2D eigenvalue weighted by Crippen LogP contribution is -2.07. The van der Waals surface area contributed by atoms with Gasteiger partial charge in [-0.1, -0.05) is 18.2 Å². The second-order valence-electron chi connectivity index (χ2n) is 5.39. The van der Waals surface area contributed by atoms with E-state index in [9.17, 15) is 18.5 Å². The van der Waals surface area contributed by atoms with E-state index in [-0.39, 0.29) is 17.5 Å². The molecule has 1 aliphatic rings. The van der Waals surface area contributed by atoms with Crippen molar-refractivity contribution in [3.63, 3.8) is 0 Å². The molecule has 1 N–H and O–H groups in total. The Labute approximate surface area is 150 Å². The van der Waals surface area contributed by atoms with Gasteiger partial charge in [0.05, 0.1) is 10.6 Å². The van der Waals surface area contributed by atoms with E-state index in [0.717, 1.165) is 6.20 Å². The summed E-state index contributed by atoms with van der Waals surface area (Å²) in [6.07, 6.45) is 1.06. The molecule has 26 heavy (non-hydrogen) atoms. The van der Waals surface area contributed by atoms with E-state index < -0.39 is 14.7 Å². The number of nitrogens with one attached hydrogen (secondary N) is 1. The Hall–Kier alpha value is -3.31. The number of nitriles is 1. The van der Waals surface area contributed by atoms with Crippen molar-refractivity contribution >= 4 is 21.3 Å².